The lowest BCUT2D eigenvalue weighted by atomic mass is 9.93. The molecule has 2 aliphatic heterocycles. The maximum absolute atomic E-state index is 12.1. The van der Waals surface area contributed by atoms with E-state index in [1.807, 2.05) is 60.7 Å². The summed E-state index contributed by atoms with van der Waals surface area (Å²) in [5, 5.41) is 5.72. The summed E-state index contributed by atoms with van der Waals surface area (Å²) in [7, 11) is 0. The van der Waals surface area contributed by atoms with Crippen LogP contribution in [0.4, 0.5) is 9.59 Å². The summed E-state index contributed by atoms with van der Waals surface area (Å²) in [6.45, 7) is 1.18. The van der Waals surface area contributed by atoms with E-state index in [0.29, 0.717) is 26.1 Å². The minimum Gasteiger partial charge on any atom is -0.445 e. The van der Waals surface area contributed by atoms with Gasteiger partial charge >= 0.3 is 12.2 Å². The number of carbonyl (C=O) groups is 2. The first-order valence-electron chi connectivity index (χ1n) is 11.3. The van der Waals surface area contributed by atoms with Gasteiger partial charge in [-0.1, -0.05) is 60.7 Å². The lowest BCUT2D eigenvalue weighted by molar-refractivity contribution is -0.279. The molecule has 8 nitrogen and oxygen atoms in total. The Hall–Kier alpha value is -3.10. The van der Waals surface area contributed by atoms with Crippen molar-refractivity contribution in [2.45, 2.75) is 56.8 Å². The van der Waals surface area contributed by atoms with Crippen LogP contribution in [0.3, 0.4) is 0 Å². The molecule has 2 aliphatic rings. The van der Waals surface area contributed by atoms with Gasteiger partial charge in [-0.3, -0.25) is 0 Å². The number of hydrogen-bond donors (Lipinski definition) is 2. The highest BCUT2D eigenvalue weighted by Crippen LogP contribution is 2.34. The van der Waals surface area contributed by atoms with Gasteiger partial charge < -0.3 is 29.6 Å². The first-order chi connectivity index (χ1) is 16.1. The molecule has 2 aromatic rings. The van der Waals surface area contributed by atoms with Crippen molar-refractivity contribution in [2.75, 3.05) is 13.2 Å². The van der Waals surface area contributed by atoms with Crippen LogP contribution in [-0.2, 0) is 32.2 Å². The molecule has 2 atom stereocenters. The van der Waals surface area contributed by atoms with E-state index in [1.165, 1.54) is 0 Å². The van der Waals surface area contributed by atoms with Crippen LogP contribution in [0, 0.1) is 0 Å². The lowest BCUT2D eigenvalue weighted by Gasteiger charge is -2.44. The fourth-order valence-corrected chi connectivity index (χ4v) is 4.01. The molecule has 0 bridgehead atoms. The van der Waals surface area contributed by atoms with Crippen LogP contribution in [-0.4, -0.2) is 43.3 Å². The number of ether oxygens (including phenoxy) is 4. The van der Waals surface area contributed by atoms with Crippen molar-refractivity contribution in [1.29, 1.82) is 0 Å². The van der Waals surface area contributed by atoms with Crippen LogP contribution in [0.15, 0.2) is 60.7 Å². The van der Waals surface area contributed by atoms with Gasteiger partial charge in [-0.05, 0) is 24.0 Å². The van der Waals surface area contributed by atoms with Crippen LogP contribution in [0.2, 0.25) is 0 Å². The Morgan fingerprint density at radius 1 is 0.758 bits per heavy atom. The summed E-state index contributed by atoms with van der Waals surface area (Å²) in [5.41, 5.74) is 1.88. The molecular weight excluding hydrogens is 424 g/mol. The zero-order valence-corrected chi connectivity index (χ0v) is 18.5. The van der Waals surface area contributed by atoms with Gasteiger partial charge in [-0.2, -0.15) is 0 Å². The van der Waals surface area contributed by atoms with E-state index in [-0.39, 0.29) is 25.3 Å². The number of alkyl carbamates (subject to hydrolysis) is 2. The number of amides is 2. The lowest BCUT2D eigenvalue weighted by Crippen LogP contribution is -2.54. The molecule has 0 aromatic heterocycles. The highest BCUT2D eigenvalue weighted by Gasteiger charge is 2.41. The molecule has 0 unspecified atom stereocenters. The molecule has 2 N–H and O–H groups in total. The monoisotopic (exact) mass is 454 g/mol. The molecule has 2 fully saturated rings. The highest BCUT2D eigenvalue weighted by molar-refractivity contribution is 5.68. The molecule has 8 heteroatoms. The van der Waals surface area contributed by atoms with Crippen molar-refractivity contribution in [1.82, 2.24) is 10.6 Å². The van der Waals surface area contributed by atoms with E-state index < -0.39 is 18.0 Å². The molecule has 2 heterocycles. The average Bonchev–Trinajstić information content (AvgIpc) is 2.86. The molecule has 1 spiro atoms. The number of benzene rings is 2. The normalized spacial score (nSPS) is 24.6. The van der Waals surface area contributed by atoms with Crippen molar-refractivity contribution < 1.29 is 28.5 Å². The van der Waals surface area contributed by atoms with Crippen molar-refractivity contribution in [3.05, 3.63) is 71.8 Å². The number of rotatable bonds is 6. The first-order valence-corrected chi connectivity index (χ1v) is 11.3. The predicted octanol–water partition coefficient (Wildman–Crippen LogP) is 3.89. The van der Waals surface area contributed by atoms with Gasteiger partial charge in [0.1, 0.15) is 13.2 Å². The van der Waals surface area contributed by atoms with Crippen LogP contribution >= 0.6 is 0 Å². The Labute approximate surface area is 193 Å². The van der Waals surface area contributed by atoms with Crippen molar-refractivity contribution >= 4 is 12.2 Å². The first kappa shape index (κ1) is 23.1. The number of carbonyl (C=O) groups excluding carboxylic acids is 2. The summed E-state index contributed by atoms with van der Waals surface area (Å²) in [4.78, 5) is 24.1. The van der Waals surface area contributed by atoms with Crippen LogP contribution in [0.25, 0.3) is 0 Å². The molecule has 4 rings (SSSR count). The van der Waals surface area contributed by atoms with Gasteiger partial charge in [0.05, 0.1) is 25.3 Å². The minimum absolute atomic E-state index is 0.119. The molecule has 176 valence electrons. The van der Waals surface area contributed by atoms with Gasteiger partial charge in [-0.15, -0.1) is 0 Å². The second kappa shape index (κ2) is 11.2. The van der Waals surface area contributed by atoms with E-state index >= 15 is 0 Å². The SMILES string of the molecule is O=C(N[C@H]1CCC2(CC[C@H](NC(=O)OCc3ccccc3)CO2)OC1)OCc1ccccc1. The van der Waals surface area contributed by atoms with E-state index in [4.69, 9.17) is 18.9 Å². The molecular formula is C25H30N2O6. The largest absolute Gasteiger partial charge is 0.445 e. The van der Waals surface area contributed by atoms with E-state index in [0.717, 1.165) is 24.0 Å². The van der Waals surface area contributed by atoms with E-state index in [2.05, 4.69) is 10.6 Å². The summed E-state index contributed by atoms with van der Waals surface area (Å²) in [5.74, 6) is -0.655. The fourth-order valence-electron chi connectivity index (χ4n) is 4.01. The summed E-state index contributed by atoms with van der Waals surface area (Å²) in [6, 6.07) is 18.9. The van der Waals surface area contributed by atoms with Gasteiger partial charge in [0, 0.05) is 12.8 Å². The smallest absolute Gasteiger partial charge is 0.407 e. The Balaban J connectivity index is 1.12. The highest BCUT2D eigenvalue weighted by atomic mass is 16.7. The third-order valence-electron chi connectivity index (χ3n) is 5.91. The Morgan fingerprint density at radius 2 is 1.18 bits per heavy atom. The van der Waals surface area contributed by atoms with E-state index in [1.54, 1.807) is 0 Å². The maximum Gasteiger partial charge on any atom is 0.407 e. The van der Waals surface area contributed by atoms with Gasteiger partial charge in [0.2, 0.25) is 0 Å². The molecule has 2 saturated heterocycles. The van der Waals surface area contributed by atoms with Crippen molar-refractivity contribution in [3.63, 3.8) is 0 Å². The van der Waals surface area contributed by atoms with Crippen molar-refractivity contribution in [2.24, 2.45) is 0 Å². The Kier molecular flexibility index (Phi) is 7.80. The van der Waals surface area contributed by atoms with Gasteiger partial charge in [0.25, 0.3) is 0 Å². The Morgan fingerprint density at radius 3 is 1.55 bits per heavy atom. The van der Waals surface area contributed by atoms with Crippen LogP contribution in [0.5, 0.6) is 0 Å². The van der Waals surface area contributed by atoms with Crippen LogP contribution < -0.4 is 10.6 Å². The number of hydrogen-bond acceptors (Lipinski definition) is 6. The molecule has 2 aromatic carbocycles. The zero-order chi connectivity index (χ0) is 22.9. The molecule has 0 radical (unpaired) electrons. The fraction of sp³-hybridized carbons (Fsp3) is 0.440. The third kappa shape index (κ3) is 6.94. The molecule has 2 amide bonds. The zero-order valence-electron chi connectivity index (χ0n) is 18.5. The van der Waals surface area contributed by atoms with E-state index in [9.17, 15) is 9.59 Å². The minimum atomic E-state index is -0.655. The predicted molar refractivity (Wildman–Crippen MR) is 120 cm³/mol. The Bertz CT molecular complexity index is 813. The maximum atomic E-state index is 12.1. The van der Waals surface area contributed by atoms with Gasteiger partial charge in [-0.25, -0.2) is 9.59 Å². The topological polar surface area (TPSA) is 95.1 Å². The van der Waals surface area contributed by atoms with Gasteiger partial charge in [0.15, 0.2) is 5.79 Å². The van der Waals surface area contributed by atoms with Crippen LogP contribution in [0.1, 0.15) is 36.8 Å². The quantitative estimate of drug-likeness (QED) is 0.688. The summed E-state index contributed by atoms with van der Waals surface area (Å²) >= 11 is 0. The number of nitrogens with one attached hydrogen (secondary N) is 2. The average molecular weight is 455 g/mol. The molecule has 0 saturated carbocycles. The summed E-state index contributed by atoms with van der Waals surface area (Å²) in [6.07, 6.45) is 1.90. The molecule has 0 aliphatic carbocycles. The second-order valence-electron chi connectivity index (χ2n) is 8.42. The second-order valence-corrected chi connectivity index (χ2v) is 8.42. The standard InChI is InChI=1S/C25H30N2O6/c28-23(30-15-19-7-3-1-4-8-19)26-21-11-13-25(32-17-21)14-12-22(18-33-25)27-24(29)31-16-20-9-5-2-6-10-20/h1-10,21-22H,11-18H2,(H,26,28)(H,27,29)/t21-,22-,25?/m0/s1. The third-order valence-corrected chi connectivity index (χ3v) is 5.91. The van der Waals surface area contributed by atoms with Crippen molar-refractivity contribution in [3.8, 4) is 0 Å². The summed E-state index contributed by atoms with van der Waals surface area (Å²) < 4.78 is 22.6. The molecule has 33 heavy (non-hydrogen) atoms.